The lowest BCUT2D eigenvalue weighted by molar-refractivity contribution is -0.385. The van der Waals surface area contributed by atoms with Gasteiger partial charge in [-0.2, -0.15) is 5.26 Å². The van der Waals surface area contributed by atoms with Crippen molar-refractivity contribution < 1.29 is 4.92 Å². The van der Waals surface area contributed by atoms with Gasteiger partial charge in [-0.25, -0.2) is 0 Å². The molecule has 5 heteroatoms. The Morgan fingerprint density at radius 3 is 2.79 bits per heavy atom. The third-order valence-electron chi connectivity index (χ3n) is 1.74. The number of hydrogen-bond donors (Lipinski definition) is 0. The van der Waals surface area contributed by atoms with Crippen molar-refractivity contribution in [2.24, 2.45) is 0 Å². The van der Waals surface area contributed by atoms with Gasteiger partial charge in [0.1, 0.15) is 0 Å². The topological polar surface area (TPSA) is 66.9 Å². The Morgan fingerprint density at radius 2 is 2.29 bits per heavy atom. The molecule has 14 heavy (non-hydrogen) atoms. The van der Waals surface area contributed by atoms with Crippen LogP contribution >= 0.6 is 22.6 Å². The van der Waals surface area contributed by atoms with Gasteiger partial charge < -0.3 is 0 Å². The van der Waals surface area contributed by atoms with Gasteiger partial charge in [0.2, 0.25) is 0 Å². The van der Waals surface area contributed by atoms with Crippen molar-refractivity contribution in [2.45, 2.75) is 13.3 Å². The predicted octanol–water partition coefficient (Wildman–Crippen LogP) is 2.57. The van der Waals surface area contributed by atoms with E-state index in [1.807, 2.05) is 28.7 Å². The summed E-state index contributed by atoms with van der Waals surface area (Å²) in [4.78, 5) is 10.2. The highest BCUT2D eigenvalue weighted by molar-refractivity contribution is 14.1. The minimum absolute atomic E-state index is 0.0795. The van der Waals surface area contributed by atoms with Gasteiger partial charge in [-0.15, -0.1) is 0 Å². The summed E-state index contributed by atoms with van der Waals surface area (Å²) in [6, 6.07) is 5.31. The summed E-state index contributed by atoms with van der Waals surface area (Å²) in [7, 11) is 0. The summed E-state index contributed by atoms with van der Waals surface area (Å²) in [6.45, 7) is 1.78. The van der Waals surface area contributed by atoms with Crippen LogP contribution in [0.4, 0.5) is 5.69 Å². The van der Waals surface area contributed by atoms with Crippen LogP contribution in [0.15, 0.2) is 12.1 Å². The Hall–Kier alpha value is -1.16. The Bertz CT molecular complexity index is 424. The summed E-state index contributed by atoms with van der Waals surface area (Å²) in [5.41, 5.74) is 1.61. The van der Waals surface area contributed by atoms with Crippen LogP contribution in [0.25, 0.3) is 0 Å². The number of nitro benzene ring substituents is 1. The van der Waals surface area contributed by atoms with Crippen molar-refractivity contribution in [3.8, 4) is 6.07 Å². The molecule has 0 saturated carbocycles. The first-order chi connectivity index (χ1) is 6.56. The standard InChI is InChI=1S/C9H7IN2O2/c1-6-4-7(2-3-11)9(10)8(5-6)12(13)14/h4-5H,2H2,1H3. The lowest BCUT2D eigenvalue weighted by Gasteiger charge is -2.02. The Labute approximate surface area is 94.8 Å². The minimum Gasteiger partial charge on any atom is -0.258 e. The van der Waals surface area contributed by atoms with E-state index >= 15 is 0 Å². The molecule has 0 atom stereocenters. The molecule has 0 radical (unpaired) electrons. The van der Waals surface area contributed by atoms with Crippen LogP contribution in [0.2, 0.25) is 0 Å². The fourth-order valence-corrected chi connectivity index (χ4v) is 1.87. The number of nitriles is 1. The van der Waals surface area contributed by atoms with E-state index in [9.17, 15) is 10.1 Å². The number of benzene rings is 1. The maximum atomic E-state index is 10.6. The molecule has 0 spiro atoms. The van der Waals surface area contributed by atoms with E-state index in [1.54, 1.807) is 13.0 Å². The molecule has 1 aromatic carbocycles. The zero-order chi connectivity index (χ0) is 10.7. The third-order valence-corrected chi connectivity index (χ3v) is 2.98. The van der Waals surface area contributed by atoms with Gasteiger partial charge in [-0.1, -0.05) is 6.07 Å². The number of nitro groups is 1. The van der Waals surface area contributed by atoms with Gasteiger partial charge >= 0.3 is 0 Å². The second kappa shape index (κ2) is 4.37. The van der Waals surface area contributed by atoms with E-state index in [4.69, 9.17) is 5.26 Å². The molecule has 1 rings (SSSR count). The van der Waals surface area contributed by atoms with Gasteiger partial charge in [-0.05, 0) is 40.6 Å². The van der Waals surface area contributed by atoms with E-state index < -0.39 is 4.92 Å². The highest BCUT2D eigenvalue weighted by Crippen LogP contribution is 2.26. The molecule has 0 saturated heterocycles. The number of rotatable bonds is 2. The van der Waals surface area contributed by atoms with Crippen molar-refractivity contribution in [3.63, 3.8) is 0 Å². The van der Waals surface area contributed by atoms with Gasteiger partial charge in [0.15, 0.2) is 0 Å². The molecule has 0 bridgehead atoms. The monoisotopic (exact) mass is 302 g/mol. The molecule has 0 aliphatic rings. The Kier molecular flexibility index (Phi) is 3.41. The largest absolute Gasteiger partial charge is 0.283 e. The number of halogens is 1. The molecular formula is C9H7IN2O2. The van der Waals surface area contributed by atoms with E-state index in [-0.39, 0.29) is 12.1 Å². The smallest absolute Gasteiger partial charge is 0.258 e. The second-order valence-electron chi connectivity index (χ2n) is 2.85. The zero-order valence-electron chi connectivity index (χ0n) is 7.45. The summed E-state index contributed by atoms with van der Waals surface area (Å²) < 4.78 is 0.555. The first-order valence-electron chi connectivity index (χ1n) is 3.86. The molecule has 0 aromatic heterocycles. The zero-order valence-corrected chi connectivity index (χ0v) is 9.61. The molecule has 0 unspecified atom stereocenters. The summed E-state index contributed by atoms with van der Waals surface area (Å²) in [6.07, 6.45) is 0.209. The fraction of sp³-hybridized carbons (Fsp3) is 0.222. The summed E-state index contributed by atoms with van der Waals surface area (Å²) >= 11 is 1.90. The van der Waals surface area contributed by atoms with Crippen molar-refractivity contribution >= 4 is 28.3 Å². The van der Waals surface area contributed by atoms with Crippen molar-refractivity contribution in [2.75, 3.05) is 0 Å². The summed E-state index contributed by atoms with van der Waals surface area (Å²) in [5.74, 6) is 0. The first kappa shape index (κ1) is 10.9. The number of hydrogen-bond acceptors (Lipinski definition) is 3. The second-order valence-corrected chi connectivity index (χ2v) is 3.93. The van der Waals surface area contributed by atoms with Crippen LogP contribution < -0.4 is 0 Å². The highest BCUT2D eigenvalue weighted by Gasteiger charge is 2.15. The van der Waals surface area contributed by atoms with Crippen LogP contribution in [-0.4, -0.2) is 4.92 Å². The van der Waals surface area contributed by atoms with Crippen LogP contribution in [0.1, 0.15) is 11.1 Å². The molecule has 72 valence electrons. The molecule has 4 nitrogen and oxygen atoms in total. The average Bonchev–Trinajstić information content (AvgIpc) is 2.10. The molecule has 0 aliphatic carbocycles. The SMILES string of the molecule is Cc1cc(CC#N)c(I)c([N+](=O)[O-])c1. The van der Waals surface area contributed by atoms with Gasteiger partial charge in [0.25, 0.3) is 5.69 Å². The fourth-order valence-electron chi connectivity index (χ4n) is 1.17. The Morgan fingerprint density at radius 1 is 1.64 bits per heavy atom. The van der Waals surface area contributed by atoms with Gasteiger partial charge in [0.05, 0.1) is 21.0 Å². The average molecular weight is 302 g/mol. The molecule has 0 aliphatic heterocycles. The van der Waals surface area contributed by atoms with Crippen LogP contribution in [0, 0.1) is 31.9 Å². The van der Waals surface area contributed by atoms with E-state index in [0.717, 1.165) is 11.1 Å². The van der Waals surface area contributed by atoms with Crippen LogP contribution in [-0.2, 0) is 6.42 Å². The minimum atomic E-state index is -0.421. The quantitative estimate of drug-likeness (QED) is 0.479. The van der Waals surface area contributed by atoms with Crippen LogP contribution in [0.5, 0.6) is 0 Å². The highest BCUT2D eigenvalue weighted by atomic mass is 127. The molecule has 0 heterocycles. The van der Waals surface area contributed by atoms with E-state index in [2.05, 4.69) is 0 Å². The third kappa shape index (κ3) is 2.20. The molecule has 1 aromatic rings. The molecule has 0 N–H and O–H groups in total. The summed E-state index contributed by atoms with van der Waals surface area (Å²) in [5, 5.41) is 19.2. The van der Waals surface area contributed by atoms with Gasteiger partial charge in [-0.3, -0.25) is 10.1 Å². The lowest BCUT2D eigenvalue weighted by Crippen LogP contribution is -1.97. The van der Waals surface area contributed by atoms with E-state index in [1.165, 1.54) is 6.07 Å². The Balaban J connectivity index is 3.33. The molecular weight excluding hydrogens is 295 g/mol. The van der Waals surface area contributed by atoms with Crippen molar-refractivity contribution in [1.82, 2.24) is 0 Å². The van der Waals surface area contributed by atoms with Crippen molar-refractivity contribution in [1.29, 1.82) is 5.26 Å². The molecule has 0 fully saturated rings. The first-order valence-corrected chi connectivity index (χ1v) is 4.94. The van der Waals surface area contributed by atoms with Crippen LogP contribution in [0.3, 0.4) is 0 Å². The van der Waals surface area contributed by atoms with Crippen molar-refractivity contribution in [3.05, 3.63) is 36.9 Å². The van der Waals surface area contributed by atoms with Gasteiger partial charge in [0, 0.05) is 6.07 Å². The predicted molar refractivity (Wildman–Crippen MR) is 59.9 cm³/mol. The lowest BCUT2D eigenvalue weighted by atomic mass is 10.1. The normalized spacial score (nSPS) is 9.50. The maximum Gasteiger partial charge on any atom is 0.283 e. The van der Waals surface area contributed by atoms with E-state index in [0.29, 0.717) is 3.57 Å². The number of aryl methyl sites for hydroxylation is 1. The molecule has 0 amide bonds. The maximum absolute atomic E-state index is 10.6. The number of nitrogens with zero attached hydrogens (tertiary/aromatic N) is 2.